The van der Waals surface area contributed by atoms with Crippen molar-refractivity contribution in [2.24, 2.45) is 5.14 Å². The van der Waals surface area contributed by atoms with E-state index in [4.69, 9.17) is 10.9 Å². The van der Waals surface area contributed by atoms with Gasteiger partial charge in [-0.1, -0.05) is 0 Å². The minimum Gasteiger partial charge on any atom is -0.384 e. The summed E-state index contributed by atoms with van der Waals surface area (Å²) in [5, 5.41) is 4.74. The highest BCUT2D eigenvalue weighted by Crippen LogP contribution is 2.09. The second-order valence-electron chi connectivity index (χ2n) is 3.18. The largest absolute Gasteiger partial charge is 0.384 e. The molecular formula is C7H12N4O4S2. The van der Waals surface area contributed by atoms with Crippen LogP contribution >= 0.6 is 0 Å². The maximum absolute atomic E-state index is 11.6. The van der Waals surface area contributed by atoms with E-state index in [1.807, 2.05) is 0 Å². The third-order valence-corrected chi connectivity index (χ3v) is 3.97. The van der Waals surface area contributed by atoms with Crippen LogP contribution in [0.25, 0.3) is 0 Å². The Morgan fingerprint density at radius 2 is 1.94 bits per heavy atom. The molecule has 0 saturated carbocycles. The number of rotatable bonds is 5. The number of nitrogens with two attached hydrogens (primary N) is 2. The van der Waals surface area contributed by atoms with Crippen molar-refractivity contribution in [3.63, 3.8) is 0 Å². The van der Waals surface area contributed by atoms with Gasteiger partial charge in [0.1, 0.15) is 5.82 Å². The molecule has 96 valence electrons. The van der Waals surface area contributed by atoms with Crippen LogP contribution in [0, 0.1) is 0 Å². The second-order valence-corrected chi connectivity index (χ2v) is 6.68. The van der Waals surface area contributed by atoms with Crippen LogP contribution in [0.3, 0.4) is 0 Å². The standard InChI is InChI=1S/C7H12N4O4S2/c8-7-5-6(1-2-10-7)17(14,15)11-3-4-16(9,12)13/h1-2,5,11H,3-4H2,(H2,8,10)(H2,9,12,13). The molecule has 0 fully saturated rings. The van der Waals surface area contributed by atoms with Crippen LogP contribution < -0.4 is 15.6 Å². The number of pyridine rings is 1. The molecule has 0 bridgehead atoms. The van der Waals surface area contributed by atoms with Gasteiger partial charge in [-0.3, -0.25) is 0 Å². The number of hydrogen-bond acceptors (Lipinski definition) is 6. The molecule has 0 aromatic carbocycles. The van der Waals surface area contributed by atoms with Gasteiger partial charge >= 0.3 is 0 Å². The molecule has 17 heavy (non-hydrogen) atoms. The number of sulfonamides is 2. The molecule has 0 aliphatic heterocycles. The zero-order valence-electron chi connectivity index (χ0n) is 8.70. The Labute approximate surface area is 99.1 Å². The van der Waals surface area contributed by atoms with E-state index >= 15 is 0 Å². The number of nitrogen functional groups attached to an aromatic ring is 1. The molecule has 1 heterocycles. The van der Waals surface area contributed by atoms with Crippen molar-refractivity contribution >= 4 is 25.9 Å². The lowest BCUT2D eigenvalue weighted by atomic mass is 10.5. The Morgan fingerprint density at radius 3 is 2.47 bits per heavy atom. The van der Waals surface area contributed by atoms with E-state index in [1.165, 1.54) is 18.3 Å². The molecule has 1 aromatic heterocycles. The first-order chi connectivity index (χ1) is 7.71. The van der Waals surface area contributed by atoms with Crippen molar-refractivity contribution in [3.05, 3.63) is 18.3 Å². The molecule has 5 N–H and O–H groups in total. The van der Waals surface area contributed by atoms with Gasteiger partial charge in [0.25, 0.3) is 0 Å². The third-order valence-electron chi connectivity index (χ3n) is 1.74. The van der Waals surface area contributed by atoms with Crippen LogP contribution in [-0.2, 0) is 20.0 Å². The number of primary sulfonamides is 1. The summed E-state index contributed by atoms with van der Waals surface area (Å²) in [6.07, 6.45) is 1.24. The predicted molar refractivity (Wildman–Crippen MR) is 61.8 cm³/mol. The van der Waals surface area contributed by atoms with Crippen molar-refractivity contribution in [3.8, 4) is 0 Å². The summed E-state index contributed by atoms with van der Waals surface area (Å²) in [6.45, 7) is -0.302. The summed E-state index contributed by atoms with van der Waals surface area (Å²) < 4.78 is 46.6. The van der Waals surface area contributed by atoms with Gasteiger partial charge in [0.05, 0.1) is 10.6 Å². The minimum atomic E-state index is -3.80. The fourth-order valence-corrected chi connectivity index (χ4v) is 2.57. The van der Waals surface area contributed by atoms with E-state index < -0.39 is 25.8 Å². The average molecular weight is 280 g/mol. The summed E-state index contributed by atoms with van der Waals surface area (Å²) in [4.78, 5) is 3.56. The van der Waals surface area contributed by atoms with E-state index in [1.54, 1.807) is 0 Å². The van der Waals surface area contributed by atoms with Gasteiger partial charge in [-0.05, 0) is 6.07 Å². The highest BCUT2D eigenvalue weighted by Gasteiger charge is 2.15. The lowest BCUT2D eigenvalue weighted by Crippen LogP contribution is -2.31. The fourth-order valence-electron chi connectivity index (χ4n) is 0.997. The minimum absolute atomic E-state index is 0.0549. The first-order valence-electron chi connectivity index (χ1n) is 4.42. The molecule has 0 atom stereocenters. The van der Waals surface area contributed by atoms with Gasteiger partial charge in [-0.15, -0.1) is 0 Å². The molecule has 0 aliphatic rings. The summed E-state index contributed by atoms with van der Waals surface area (Å²) in [5.74, 6) is -0.424. The van der Waals surface area contributed by atoms with Gasteiger partial charge in [0.15, 0.2) is 0 Å². The summed E-state index contributed by atoms with van der Waals surface area (Å²) >= 11 is 0. The zero-order valence-corrected chi connectivity index (χ0v) is 10.3. The average Bonchev–Trinajstić information content (AvgIpc) is 2.15. The van der Waals surface area contributed by atoms with Crippen LogP contribution in [0.5, 0.6) is 0 Å². The molecule has 1 rings (SSSR count). The Hall–Kier alpha value is -1.23. The van der Waals surface area contributed by atoms with Crippen LogP contribution in [0.4, 0.5) is 5.82 Å². The predicted octanol–water partition coefficient (Wildman–Crippen LogP) is -1.77. The number of nitrogens with zero attached hydrogens (tertiary/aromatic N) is 1. The maximum Gasteiger partial charge on any atom is 0.240 e. The van der Waals surface area contributed by atoms with Crippen LogP contribution in [0.15, 0.2) is 23.2 Å². The quantitative estimate of drug-likeness (QED) is 0.582. The molecule has 8 nitrogen and oxygen atoms in total. The molecule has 0 amide bonds. The van der Waals surface area contributed by atoms with Crippen LogP contribution in [-0.4, -0.2) is 34.1 Å². The number of nitrogens with one attached hydrogen (secondary N) is 1. The highest BCUT2D eigenvalue weighted by atomic mass is 32.2. The lowest BCUT2D eigenvalue weighted by molar-refractivity contribution is 0.581. The normalized spacial score (nSPS) is 12.5. The molecule has 0 saturated heterocycles. The molecular weight excluding hydrogens is 268 g/mol. The van der Waals surface area contributed by atoms with Crippen molar-refractivity contribution in [1.29, 1.82) is 0 Å². The Balaban J connectivity index is 2.77. The monoisotopic (exact) mass is 280 g/mol. The molecule has 1 aromatic rings. The van der Waals surface area contributed by atoms with E-state index in [0.29, 0.717) is 0 Å². The zero-order chi connectivity index (χ0) is 13.1. The van der Waals surface area contributed by atoms with Gasteiger partial charge in [-0.2, -0.15) is 0 Å². The molecule has 10 heteroatoms. The van der Waals surface area contributed by atoms with Crippen molar-refractivity contribution in [1.82, 2.24) is 9.71 Å². The van der Waals surface area contributed by atoms with Crippen LogP contribution in [0.1, 0.15) is 0 Å². The van der Waals surface area contributed by atoms with Gasteiger partial charge < -0.3 is 5.73 Å². The third kappa shape index (κ3) is 4.65. The van der Waals surface area contributed by atoms with E-state index in [-0.39, 0.29) is 17.3 Å². The number of hydrogen-bond donors (Lipinski definition) is 3. The van der Waals surface area contributed by atoms with Crippen LogP contribution in [0.2, 0.25) is 0 Å². The van der Waals surface area contributed by atoms with E-state index in [2.05, 4.69) is 9.71 Å². The van der Waals surface area contributed by atoms with Gasteiger partial charge in [-0.25, -0.2) is 31.7 Å². The summed E-state index contributed by atoms with van der Waals surface area (Å²) in [6, 6.07) is 2.41. The molecule has 0 aliphatic carbocycles. The number of anilines is 1. The highest BCUT2D eigenvalue weighted by molar-refractivity contribution is 7.90. The van der Waals surface area contributed by atoms with Crippen molar-refractivity contribution in [2.75, 3.05) is 18.0 Å². The molecule has 0 unspecified atom stereocenters. The topological polar surface area (TPSA) is 145 Å². The lowest BCUT2D eigenvalue weighted by Gasteiger charge is -2.06. The van der Waals surface area contributed by atoms with Crippen molar-refractivity contribution in [2.45, 2.75) is 4.90 Å². The first kappa shape index (κ1) is 13.8. The van der Waals surface area contributed by atoms with Gasteiger partial charge in [0.2, 0.25) is 20.0 Å². The molecule has 0 radical (unpaired) electrons. The Kier molecular flexibility index (Phi) is 4.03. The Bertz CT molecular complexity index is 596. The maximum atomic E-state index is 11.6. The van der Waals surface area contributed by atoms with Gasteiger partial charge in [0, 0.05) is 18.8 Å². The first-order valence-corrected chi connectivity index (χ1v) is 7.62. The van der Waals surface area contributed by atoms with E-state index in [0.717, 1.165) is 0 Å². The SMILES string of the molecule is Nc1cc(S(=O)(=O)NCCS(N)(=O)=O)ccn1. The fraction of sp³-hybridized carbons (Fsp3) is 0.286. The summed E-state index contributed by atoms with van der Waals surface area (Å²) in [5.41, 5.74) is 5.33. The Morgan fingerprint density at radius 1 is 1.29 bits per heavy atom. The van der Waals surface area contributed by atoms with E-state index in [9.17, 15) is 16.8 Å². The second kappa shape index (κ2) is 4.96. The van der Waals surface area contributed by atoms with Crippen molar-refractivity contribution < 1.29 is 16.8 Å². The number of aromatic nitrogens is 1. The molecule has 0 spiro atoms. The summed E-state index contributed by atoms with van der Waals surface area (Å²) in [7, 11) is -7.50. The smallest absolute Gasteiger partial charge is 0.240 e.